The highest BCUT2D eigenvalue weighted by atomic mass is 19.2. The molecule has 0 saturated carbocycles. The van der Waals surface area contributed by atoms with Crippen molar-refractivity contribution in [3.8, 4) is 0 Å². The molecule has 0 atom stereocenters. The lowest BCUT2D eigenvalue weighted by molar-refractivity contribution is 0.0990. The van der Waals surface area contributed by atoms with Crippen LogP contribution in [-0.2, 0) is 6.54 Å². The molecule has 0 amide bonds. The topological polar surface area (TPSA) is 29.1 Å². The van der Waals surface area contributed by atoms with E-state index in [2.05, 4.69) is 5.32 Å². The molecular weight excluding hydrogens is 248 g/mol. The number of hydrogen-bond donors (Lipinski definition) is 1. The number of carbonyl (C=O) groups excluding carboxylic acids is 1. The van der Waals surface area contributed by atoms with E-state index in [1.807, 2.05) is 30.3 Å². The Morgan fingerprint density at radius 3 is 2.42 bits per heavy atom. The van der Waals surface area contributed by atoms with E-state index < -0.39 is 11.6 Å². The summed E-state index contributed by atoms with van der Waals surface area (Å²) in [6.45, 7) is 0.635. The Labute approximate surface area is 110 Å². The van der Waals surface area contributed by atoms with Crippen LogP contribution in [0.2, 0.25) is 0 Å². The summed E-state index contributed by atoms with van der Waals surface area (Å²) in [5.41, 5.74) is 1.22. The van der Waals surface area contributed by atoms with Crippen molar-refractivity contribution >= 4 is 5.78 Å². The SMILES string of the molecule is O=C(CNCc1ccccc1)c1ccc(F)c(F)c1. The molecule has 2 aromatic rings. The predicted molar refractivity (Wildman–Crippen MR) is 68.8 cm³/mol. The maximum atomic E-state index is 13.0. The molecule has 0 aromatic heterocycles. The van der Waals surface area contributed by atoms with Gasteiger partial charge in [-0.05, 0) is 23.8 Å². The molecular formula is C15H13F2NO. The number of halogens is 2. The van der Waals surface area contributed by atoms with Crippen LogP contribution >= 0.6 is 0 Å². The van der Waals surface area contributed by atoms with Crippen molar-refractivity contribution in [3.05, 3.63) is 71.3 Å². The van der Waals surface area contributed by atoms with E-state index in [4.69, 9.17) is 0 Å². The highest BCUT2D eigenvalue weighted by Crippen LogP contribution is 2.09. The fourth-order valence-electron chi connectivity index (χ4n) is 1.69. The summed E-state index contributed by atoms with van der Waals surface area (Å²) in [6.07, 6.45) is 0. The number of benzene rings is 2. The quantitative estimate of drug-likeness (QED) is 0.838. The van der Waals surface area contributed by atoms with Crippen molar-refractivity contribution in [1.29, 1.82) is 0 Å². The molecule has 0 unspecified atom stereocenters. The third-order valence-corrected chi connectivity index (χ3v) is 2.70. The summed E-state index contributed by atoms with van der Waals surface area (Å²) < 4.78 is 25.7. The van der Waals surface area contributed by atoms with Crippen molar-refractivity contribution in [1.82, 2.24) is 5.32 Å². The van der Waals surface area contributed by atoms with Crippen molar-refractivity contribution in [2.24, 2.45) is 0 Å². The van der Waals surface area contributed by atoms with Gasteiger partial charge in [0.25, 0.3) is 0 Å². The first-order valence-electron chi connectivity index (χ1n) is 5.90. The lowest BCUT2D eigenvalue weighted by Crippen LogP contribution is -2.22. The minimum Gasteiger partial charge on any atom is -0.306 e. The molecule has 2 rings (SSSR count). The maximum Gasteiger partial charge on any atom is 0.176 e. The minimum atomic E-state index is -1.01. The average Bonchev–Trinajstić information content (AvgIpc) is 2.43. The van der Waals surface area contributed by atoms with Gasteiger partial charge in [-0.3, -0.25) is 4.79 Å². The van der Waals surface area contributed by atoms with Gasteiger partial charge in [0, 0.05) is 12.1 Å². The second kappa shape index (κ2) is 6.20. The fourth-order valence-corrected chi connectivity index (χ4v) is 1.69. The van der Waals surface area contributed by atoms with Gasteiger partial charge in [-0.1, -0.05) is 30.3 Å². The summed E-state index contributed by atoms with van der Waals surface area (Å²) in [6, 6.07) is 12.8. The predicted octanol–water partition coefficient (Wildman–Crippen LogP) is 2.94. The molecule has 0 spiro atoms. The van der Waals surface area contributed by atoms with Crippen LogP contribution in [0.5, 0.6) is 0 Å². The van der Waals surface area contributed by atoms with Gasteiger partial charge in [-0.2, -0.15) is 0 Å². The molecule has 98 valence electrons. The molecule has 2 aromatic carbocycles. The van der Waals surface area contributed by atoms with Crippen LogP contribution in [0.15, 0.2) is 48.5 Å². The van der Waals surface area contributed by atoms with Gasteiger partial charge >= 0.3 is 0 Å². The van der Waals surface area contributed by atoms with Crippen LogP contribution < -0.4 is 5.32 Å². The first kappa shape index (κ1) is 13.4. The van der Waals surface area contributed by atoms with E-state index in [0.29, 0.717) is 6.54 Å². The monoisotopic (exact) mass is 261 g/mol. The van der Waals surface area contributed by atoms with Crippen LogP contribution in [-0.4, -0.2) is 12.3 Å². The van der Waals surface area contributed by atoms with Gasteiger partial charge in [0.2, 0.25) is 0 Å². The number of Topliss-reactive ketones (excluding diaryl/α,β-unsaturated/α-hetero) is 1. The van der Waals surface area contributed by atoms with Crippen molar-refractivity contribution < 1.29 is 13.6 Å². The minimum absolute atomic E-state index is 0.0833. The molecule has 0 saturated heterocycles. The Bertz CT molecular complexity index is 570. The number of carbonyl (C=O) groups is 1. The Morgan fingerprint density at radius 2 is 1.74 bits per heavy atom. The van der Waals surface area contributed by atoms with Gasteiger partial charge in [0.15, 0.2) is 17.4 Å². The second-order valence-electron chi connectivity index (χ2n) is 4.14. The molecule has 0 aliphatic heterocycles. The van der Waals surface area contributed by atoms with E-state index in [1.165, 1.54) is 6.07 Å². The van der Waals surface area contributed by atoms with E-state index in [1.54, 1.807) is 0 Å². The summed E-state index contributed by atoms with van der Waals surface area (Å²) in [5.74, 6) is -2.22. The van der Waals surface area contributed by atoms with Crippen molar-refractivity contribution in [3.63, 3.8) is 0 Å². The first-order valence-corrected chi connectivity index (χ1v) is 5.90. The Morgan fingerprint density at radius 1 is 1.00 bits per heavy atom. The highest BCUT2D eigenvalue weighted by Gasteiger charge is 2.09. The van der Waals surface area contributed by atoms with E-state index in [-0.39, 0.29) is 17.9 Å². The molecule has 0 radical (unpaired) electrons. The molecule has 19 heavy (non-hydrogen) atoms. The van der Waals surface area contributed by atoms with Gasteiger partial charge < -0.3 is 5.32 Å². The lowest BCUT2D eigenvalue weighted by atomic mass is 10.1. The normalized spacial score (nSPS) is 10.4. The Balaban J connectivity index is 1.89. The van der Waals surface area contributed by atoms with Gasteiger partial charge in [-0.15, -0.1) is 0 Å². The maximum absolute atomic E-state index is 13.0. The first-order chi connectivity index (χ1) is 9.16. The van der Waals surface area contributed by atoms with E-state index >= 15 is 0 Å². The Kier molecular flexibility index (Phi) is 4.36. The van der Waals surface area contributed by atoms with Gasteiger partial charge in [0.1, 0.15) is 0 Å². The number of nitrogens with one attached hydrogen (secondary N) is 1. The number of rotatable bonds is 5. The van der Waals surface area contributed by atoms with Gasteiger partial charge in [-0.25, -0.2) is 8.78 Å². The Hall–Kier alpha value is -2.07. The number of ketones is 1. The molecule has 0 bridgehead atoms. The summed E-state index contributed by atoms with van der Waals surface area (Å²) in [4.78, 5) is 11.7. The van der Waals surface area contributed by atoms with Crippen LogP contribution in [0.3, 0.4) is 0 Å². The third kappa shape index (κ3) is 3.69. The molecule has 0 fully saturated rings. The lowest BCUT2D eigenvalue weighted by Gasteiger charge is -2.05. The largest absolute Gasteiger partial charge is 0.306 e. The van der Waals surface area contributed by atoms with Crippen LogP contribution in [0.1, 0.15) is 15.9 Å². The standard InChI is InChI=1S/C15H13F2NO/c16-13-7-6-12(8-14(13)17)15(19)10-18-9-11-4-2-1-3-5-11/h1-8,18H,9-10H2. The third-order valence-electron chi connectivity index (χ3n) is 2.70. The molecule has 4 heteroatoms. The smallest absolute Gasteiger partial charge is 0.176 e. The van der Waals surface area contributed by atoms with Crippen LogP contribution in [0, 0.1) is 11.6 Å². The van der Waals surface area contributed by atoms with Crippen LogP contribution in [0.4, 0.5) is 8.78 Å². The zero-order valence-corrected chi connectivity index (χ0v) is 10.2. The second-order valence-corrected chi connectivity index (χ2v) is 4.14. The summed E-state index contributed by atoms with van der Waals surface area (Å²) >= 11 is 0. The molecule has 2 nitrogen and oxygen atoms in total. The highest BCUT2D eigenvalue weighted by molar-refractivity contribution is 5.97. The van der Waals surface area contributed by atoms with Crippen molar-refractivity contribution in [2.45, 2.75) is 6.54 Å². The average molecular weight is 261 g/mol. The molecule has 0 aliphatic carbocycles. The van der Waals surface area contributed by atoms with Crippen molar-refractivity contribution in [2.75, 3.05) is 6.54 Å². The van der Waals surface area contributed by atoms with E-state index in [9.17, 15) is 13.6 Å². The van der Waals surface area contributed by atoms with E-state index in [0.717, 1.165) is 17.7 Å². The zero-order chi connectivity index (χ0) is 13.7. The van der Waals surface area contributed by atoms with Crippen LogP contribution in [0.25, 0.3) is 0 Å². The molecule has 0 heterocycles. The number of hydrogen-bond acceptors (Lipinski definition) is 2. The molecule has 1 N–H and O–H groups in total. The van der Waals surface area contributed by atoms with Gasteiger partial charge in [0.05, 0.1) is 6.54 Å². The summed E-state index contributed by atoms with van der Waals surface area (Å²) in [5, 5.41) is 2.97. The zero-order valence-electron chi connectivity index (χ0n) is 10.2. The molecule has 0 aliphatic rings. The fraction of sp³-hybridized carbons (Fsp3) is 0.133. The summed E-state index contributed by atoms with van der Waals surface area (Å²) in [7, 11) is 0.